The third kappa shape index (κ3) is 7.21. The number of halogens is 1. The van der Waals surface area contributed by atoms with E-state index < -0.39 is 6.04 Å². The van der Waals surface area contributed by atoms with Crippen molar-refractivity contribution < 1.29 is 9.59 Å². The summed E-state index contributed by atoms with van der Waals surface area (Å²) in [4.78, 5) is 35.4. The van der Waals surface area contributed by atoms with Crippen LogP contribution in [0, 0.1) is 5.92 Å². The second-order valence-corrected chi connectivity index (χ2v) is 10.9. The highest BCUT2D eigenvalue weighted by Crippen LogP contribution is 2.36. The Bertz CT molecular complexity index is 933. The van der Waals surface area contributed by atoms with Gasteiger partial charge in [-0.25, -0.2) is 0 Å². The van der Waals surface area contributed by atoms with Gasteiger partial charge in [0.25, 0.3) is 0 Å². The average molecular weight is 609 g/mol. The van der Waals surface area contributed by atoms with E-state index in [9.17, 15) is 9.59 Å². The zero-order valence-corrected chi connectivity index (χ0v) is 23.9. The molecule has 198 valence electrons. The number of benzene rings is 1. The number of likely N-dealkylation sites (tertiary alicyclic amines) is 1. The van der Waals surface area contributed by atoms with E-state index in [4.69, 9.17) is 5.73 Å². The molecule has 1 aromatic rings. The molecule has 0 spiro atoms. The molecule has 9 heteroatoms. The lowest BCUT2D eigenvalue weighted by Crippen LogP contribution is -2.55. The standard InChI is InChI=1S/C27H41IN6O2/c1-19(30-2)25(35)32-24(20-10-5-4-6-11-20)26(36)34-17-8-14-23(34)21-12-7-13-22(18-21)33(3)27(28)31-16-9-15-29/h7,9,12-13,15-16,18-20,23-24,27,30H,4-6,8,10-11,14,17,29H2,1-3H3,(H,32,35)/b15-9-,31-16?/t19-,23-,24-,27?/m0/s1. The van der Waals surface area contributed by atoms with Crippen molar-refractivity contribution in [3.05, 3.63) is 42.1 Å². The Morgan fingerprint density at radius 1 is 1.22 bits per heavy atom. The first-order valence-corrected chi connectivity index (χ1v) is 14.3. The second kappa shape index (κ2) is 14.0. The molecule has 0 aromatic heterocycles. The van der Waals surface area contributed by atoms with Crippen molar-refractivity contribution in [3.63, 3.8) is 0 Å². The van der Waals surface area contributed by atoms with Crippen LogP contribution in [0.3, 0.4) is 0 Å². The fourth-order valence-corrected chi connectivity index (χ4v) is 5.67. The number of likely N-dealkylation sites (N-methyl/N-ethyl adjacent to an activating group) is 1. The van der Waals surface area contributed by atoms with Crippen LogP contribution >= 0.6 is 22.6 Å². The Morgan fingerprint density at radius 3 is 2.67 bits per heavy atom. The summed E-state index contributed by atoms with van der Waals surface area (Å²) in [5.74, 6) is 0.141. The van der Waals surface area contributed by atoms with E-state index in [0.717, 1.165) is 56.3 Å². The van der Waals surface area contributed by atoms with Crippen LogP contribution in [-0.2, 0) is 9.59 Å². The number of aliphatic imine (C=N–C) groups is 1. The maximum absolute atomic E-state index is 14.0. The third-order valence-electron chi connectivity index (χ3n) is 7.44. The zero-order valence-electron chi connectivity index (χ0n) is 21.7. The molecule has 0 bridgehead atoms. The van der Waals surface area contributed by atoms with Crippen molar-refractivity contribution in [3.8, 4) is 0 Å². The van der Waals surface area contributed by atoms with Gasteiger partial charge in [-0.3, -0.25) is 14.6 Å². The minimum Gasteiger partial charge on any atom is -0.405 e. The fourth-order valence-electron chi connectivity index (χ4n) is 5.16. The number of rotatable bonds is 10. The molecule has 36 heavy (non-hydrogen) atoms. The maximum atomic E-state index is 14.0. The number of amides is 2. The number of carbonyl (C=O) groups is 2. The molecule has 2 fully saturated rings. The summed E-state index contributed by atoms with van der Waals surface area (Å²) in [6.45, 7) is 2.55. The summed E-state index contributed by atoms with van der Waals surface area (Å²) in [5, 5.41) is 6.12. The molecule has 1 saturated heterocycles. The van der Waals surface area contributed by atoms with Crippen LogP contribution in [0.15, 0.2) is 41.5 Å². The molecule has 1 heterocycles. The fraction of sp³-hybridized carbons (Fsp3) is 0.593. The third-order valence-corrected chi connectivity index (χ3v) is 8.59. The summed E-state index contributed by atoms with van der Waals surface area (Å²) in [7, 11) is 3.78. The predicted octanol–water partition coefficient (Wildman–Crippen LogP) is 3.72. The Kier molecular flexibility index (Phi) is 11.0. The van der Waals surface area contributed by atoms with Gasteiger partial charge in [0.2, 0.25) is 11.8 Å². The Balaban J connectivity index is 1.81. The van der Waals surface area contributed by atoms with Crippen molar-refractivity contribution in [2.24, 2.45) is 16.6 Å². The number of carbonyl (C=O) groups excluding carboxylic acids is 2. The van der Waals surface area contributed by atoms with Gasteiger partial charge in [-0.2, -0.15) is 0 Å². The number of allylic oxidation sites excluding steroid dienone is 1. The van der Waals surface area contributed by atoms with Crippen LogP contribution in [0.4, 0.5) is 5.69 Å². The Labute approximate surface area is 229 Å². The van der Waals surface area contributed by atoms with Gasteiger partial charge in [0.1, 0.15) is 6.04 Å². The van der Waals surface area contributed by atoms with E-state index in [-0.39, 0.29) is 34.0 Å². The number of anilines is 1. The van der Waals surface area contributed by atoms with Crippen molar-refractivity contribution in [2.75, 3.05) is 25.5 Å². The number of hydrogen-bond acceptors (Lipinski definition) is 6. The first-order chi connectivity index (χ1) is 17.4. The number of hydrogen-bond donors (Lipinski definition) is 3. The van der Waals surface area contributed by atoms with Crippen molar-refractivity contribution in [1.29, 1.82) is 0 Å². The molecule has 1 aliphatic carbocycles. The molecule has 2 amide bonds. The molecular formula is C27H41IN6O2. The summed E-state index contributed by atoms with van der Waals surface area (Å²) in [6.07, 6.45) is 12.1. The second-order valence-electron chi connectivity index (χ2n) is 9.78. The number of nitrogens with one attached hydrogen (secondary N) is 2. The molecular weight excluding hydrogens is 567 g/mol. The van der Waals surface area contributed by atoms with Crippen molar-refractivity contribution >= 4 is 46.3 Å². The molecule has 1 saturated carbocycles. The average Bonchev–Trinajstić information content (AvgIpc) is 3.41. The topological polar surface area (TPSA) is 103 Å². The van der Waals surface area contributed by atoms with Crippen molar-refractivity contribution in [1.82, 2.24) is 15.5 Å². The van der Waals surface area contributed by atoms with E-state index in [1.165, 1.54) is 12.6 Å². The zero-order chi connectivity index (χ0) is 26.1. The quantitative estimate of drug-likeness (QED) is 0.163. The Morgan fingerprint density at radius 2 is 1.97 bits per heavy atom. The smallest absolute Gasteiger partial charge is 0.245 e. The lowest BCUT2D eigenvalue weighted by Gasteiger charge is -2.35. The lowest BCUT2D eigenvalue weighted by atomic mass is 9.83. The van der Waals surface area contributed by atoms with Crippen LogP contribution in [0.5, 0.6) is 0 Å². The van der Waals surface area contributed by atoms with Gasteiger partial charge in [-0.15, -0.1) is 0 Å². The SMILES string of the molecule is CN[C@@H](C)C(=O)N[C@H](C(=O)N1CCC[C@H]1c1cccc(N(C)C(I)N=C/C=C\N)c1)C1CCCCC1. The van der Waals surface area contributed by atoms with Crippen LogP contribution < -0.4 is 21.3 Å². The van der Waals surface area contributed by atoms with Crippen LogP contribution in [0.25, 0.3) is 0 Å². The van der Waals surface area contributed by atoms with Gasteiger partial charge in [-0.1, -0.05) is 31.4 Å². The summed E-state index contributed by atoms with van der Waals surface area (Å²) in [6, 6.07) is 7.57. The van der Waals surface area contributed by atoms with E-state index in [1.54, 1.807) is 19.3 Å². The molecule has 4 atom stereocenters. The number of nitrogens with zero attached hydrogens (tertiary/aromatic N) is 3. The molecule has 0 radical (unpaired) electrons. The highest BCUT2D eigenvalue weighted by atomic mass is 127. The number of alkyl halides is 1. The van der Waals surface area contributed by atoms with Gasteiger partial charge >= 0.3 is 0 Å². The molecule has 8 nitrogen and oxygen atoms in total. The van der Waals surface area contributed by atoms with Crippen molar-refractivity contribution in [2.45, 2.75) is 74.2 Å². The van der Waals surface area contributed by atoms with Gasteiger partial charge in [0, 0.05) is 25.5 Å². The minimum absolute atomic E-state index is 0.00639. The maximum Gasteiger partial charge on any atom is 0.245 e. The summed E-state index contributed by atoms with van der Waals surface area (Å²) >= 11 is 2.28. The molecule has 2 aliphatic rings. The highest BCUT2D eigenvalue weighted by Gasteiger charge is 2.39. The first-order valence-electron chi connectivity index (χ1n) is 13.0. The normalized spacial score (nSPS) is 21.6. The largest absolute Gasteiger partial charge is 0.405 e. The molecule has 4 N–H and O–H groups in total. The van der Waals surface area contributed by atoms with E-state index in [1.807, 2.05) is 24.9 Å². The molecule has 1 aliphatic heterocycles. The van der Waals surface area contributed by atoms with Gasteiger partial charge < -0.3 is 26.2 Å². The Hall–Kier alpha value is -2.14. The molecule has 1 unspecified atom stereocenters. The summed E-state index contributed by atoms with van der Waals surface area (Å²) in [5.41, 5.74) is 7.56. The van der Waals surface area contributed by atoms with Crippen LogP contribution in [0.2, 0.25) is 0 Å². The first kappa shape index (κ1) is 28.4. The number of nitrogens with two attached hydrogens (primary N) is 1. The predicted molar refractivity (Wildman–Crippen MR) is 155 cm³/mol. The highest BCUT2D eigenvalue weighted by molar-refractivity contribution is 14.1. The van der Waals surface area contributed by atoms with E-state index >= 15 is 0 Å². The minimum atomic E-state index is -0.469. The van der Waals surface area contributed by atoms with Crippen LogP contribution in [-0.4, -0.2) is 59.8 Å². The molecule has 1 aromatic carbocycles. The monoisotopic (exact) mass is 608 g/mol. The summed E-state index contributed by atoms with van der Waals surface area (Å²) < 4.78 is -0.0876. The van der Waals surface area contributed by atoms with Gasteiger partial charge in [0.15, 0.2) is 4.17 Å². The lowest BCUT2D eigenvalue weighted by molar-refractivity contribution is -0.139. The van der Waals surface area contributed by atoms with E-state index in [2.05, 4.69) is 61.3 Å². The van der Waals surface area contributed by atoms with E-state index in [0.29, 0.717) is 0 Å². The molecule has 3 rings (SSSR count). The van der Waals surface area contributed by atoms with Gasteiger partial charge in [-0.05, 0) is 98.1 Å². The van der Waals surface area contributed by atoms with Crippen LogP contribution in [0.1, 0.15) is 63.5 Å². The van der Waals surface area contributed by atoms with Gasteiger partial charge in [0.05, 0.1) is 12.1 Å².